The van der Waals surface area contributed by atoms with Crippen LogP contribution in [0.4, 0.5) is 0 Å². The van der Waals surface area contributed by atoms with Crippen molar-refractivity contribution in [1.82, 2.24) is 37.2 Å². The second-order valence-corrected chi connectivity index (χ2v) is 24.0. The maximum Gasteiger partial charge on any atom is 0.311 e. The summed E-state index contributed by atoms with van der Waals surface area (Å²) in [7, 11) is 4.49. The van der Waals surface area contributed by atoms with Gasteiger partial charge in [0.15, 0.2) is 0 Å². The Labute approximate surface area is 468 Å². The number of aliphatic hydroxyl groups excluding tert-OH is 2. The zero-order valence-electron chi connectivity index (χ0n) is 50.5. The van der Waals surface area contributed by atoms with Crippen molar-refractivity contribution in [3.8, 4) is 0 Å². The van der Waals surface area contributed by atoms with Gasteiger partial charge in [-0.25, -0.2) is 0 Å². The van der Waals surface area contributed by atoms with Gasteiger partial charge < -0.3 is 66.4 Å². The molecule has 78 heavy (non-hydrogen) atoms. The van der Waals surface area contributed by atoms with E-state index in [0.717, 1.165) is 11.8 Å². The molecule has 0 saturated heterocycles. The molecule has 0 fully saturated rings. The first-order valence-corrected chi connectivity index (χ1v) is 27.7. The summed E-state index contributed by atoms with van der Waals surface area (Å²) in [6, 6.07) is 0. The summed E-state index contributed by atoms with van der Waals surface area (Å²) in [4.78, 5) is 129. The van der Waals surface area contributed by atoms with Gasteiger partial charge in [0, 0.05) is 58.0 Å². The van der Waals surface area contributed by atoms with E-state index in [1.165, 1.54) is 35.1 Å². The maximum atomic E-state index is 13.5. The molecular formula is C54H99N7O16S. The van der Waals surface area contributed by atoms with Crippen LogP contribution in [0.1, 0.15) is 149 Å². The van der Waals surface area contributed by atoms with Gasteiger partial charge >= 0.3 is 11.9 Å². The van der Waals surface area contributed by atoms with Gasteiger partial charge in [0.1, 0.15) is 35.4 Å². The summed E-state index contributed by atoms with van der Waals surface area (Å²) >= 11 is 0.991. The Morgan fingerprint density at radius 1 is 0.487 bits per heavy atom. The summed E-state index contributed by atoms with van der Waals surface area (Å²) in [6.45, 7) is 26.6. The van der Waals surface area contributed by atoms with Crippen molar-refractivity contribution in [2.45, 2.75) is 184 Å². The summed E-state index contributed by atoms with van der Waals surface area (Å²) in [5.74, 6) is -7.15. The minimum atomic E-state index is -1.24. The number of hydrogen-bond acceptors (Lipinski definition) is 17. The highest BCUT2D eigenvalue weighted by atomic mass is 32.2. The zero-order valence-corrected chi connectivity index (χ0v) is 51.3. The van der Waals surface area contributed by atoms with Crippen molar-refractivity contribution >= 4 is 70.2 Å². The average molecular weight is 1130 g/mol. The number of methoxy groups -OCH3 is 2. The first-order valence-electron chi connectivity index (χ1n) is 26.5. The third kappa shape index (κ3) is 27.3. The Morgan fingerprint density at radius 3 is 1.05 bits per heavy atom. The molecule has 0 saturated carbocycles. The molecule has 7 amide bonds. The van der Waals surface area contributed by atoms with Crippen LogP contribution in [0.3, 0.4) is 0 Å². The Balaban J connectivity index is 0. The van der Waals surface area contributed by atoms with Gasteiger partial charge in [-0.3, -0.25) is 47.9 Å². The van der Waals surface area contributed by atoms with E-state index in [0.29, 0.717) is 32.6 Å². The number of aliphatic hydroxyl groups is 2. The molecule has 9 N–H and O–H groups in total. The number of esters is 2. The fourth-order valence-corrected chi connectivity index (χ4v) is 8.32. The molecule has 0 aromatic heterocycles. The third-order valence-electron chi connectivity index (χ3n) is 12.7. The van der Waals surface area contributed by atoms with Gasteiger partial charge in [-0.05, 0) is 142 Å². The predicted octanol–water partition coefficient (Wildman–Crippen LogP) is 2.46. The molecule has 452 valence electrons. The number of ether oxygens (including phenoxy) is 4. The predicted molar refractivity (Wildman–Crippen MR) is 297 cm³/mol. The van der Waals surface area contributed by atoms with Crippen LogP contribution in [0, 0.1) is 34.5 Å². The first-order chi connectivity index (χ1) is 35.7. The fraction of sp³-hybridized carbons (Fsp3) is 0.815. The van der Waals surface area contributed by atoms with Gasteiger partial charge in [0.25, 0.3) is 0 Å². The molecule has 0 aliphatic heterocycles. The Bertz CT molecular complexity index is 1850. The molecule has 0 aliphatic carbocycles. The molecular weight excluding hydrogens is 1030 g/mol. The molecule has 0 heterocycles. The van der Waals surface area contributed by atoms with Crippen molar-refractivity contribution in [2.75, 3.05) is 67.0 Å². The van der Waals surface area contributed by atoms with Crippen molar-refractivity contribution in [2.24, 2.45) is 34.5 Å². The Hall–Kier alpha value is -4.91. The van der Waals surface area contributed by atoms with Gasteiger partial charge in [0.2, 0.25) is 46.5 Å². The minimum Gasteiger partial charge on any atom is -0.463 e. The largest absolute Gasteiger partial charge is 0.463 e. The normalized spacial score (nSPS) is 14.5. The quantitative estimate of drug-likeness (QED) is 0.0330. The van der Waals surface area contributed by atoms with Crippen LogP contribution in [-0.2, 0) is 66.9 Å². The van der Waals surface area contributed by atoms with E-state index < -0.39 is 110 Å². The lowest BCUT2D eigenvalue weighted by Crippen LogP contribution is -2.57. The molecule has 6 atom stereocenters. The summed E-state index contributed by atoms with van der Waals surface area (Å²) in [6.07, 6.45) is 0.862. The van der Waals surface area contributed by atoms with Crippen molar-refractivity contribution in [3.05, 3.63) is 0 Å². The standard InChI is InChI=1S/C27H50N4O8.C27H49N3O8S/c1-11-18(20(33)30-27(7,8)23(36)29-12-13-38-10)14-19(21(34)31-26(5,6)22(35)28-9)15-25(3,4)24(37)39-16-17(2)32;1-11-18(20(32)29-26(5,6)22(34)28-12-13-37-9)14-19(21(33)30-27(7,8)24(36)39-10)15-25(3,4)23(35)38-16-17(2)31/h17-19,32H,11-16H2,1-10H3,(H,28,35)(H,29,36)(H,30,33)(H,31,34);17-19,31H,11-16H2,1-10H3,(H,28,34)(H,29,32)(H,30,33). The van der Waals surface area contributed by atoms with Crippen LogP contribution in [0.25, 0.3) is 0 Å². The molecule has 0 bridgehead atoms. The molecule has 24 heteroatoms. The van der Waals surface area contributed by atoms with Crippen molar-refractivity contribution in [3.63, 3.8) is 0 Å². The monoisotopic (exact) mass is 1130 g/mol. The van der Waals surface area contributed by atoms with E-state index in [2.05, 4.69) is 37.2 Å². The minimum absolute atomic E-state index is 0.0198. The van der Waals surface area contributed by atoms with Gasteiger partial charge in [0.05, 0.1) is 36.3 Å². The Morgan fingerprint density at radius 2 is 0.782 bits per heavy atom. The van der Waals surface area contributed by atoms with E-state index in [4.69, 9.17) is 18.9 Å². The lowest BCUT2D eigenvalue weighted by molar-refractivity contribution is -0.159. The van der Waals surface area contributed by atoms with Crippen LogP contribution >= 0.6 is 11.8 Å². The maximum absolute atomic E-state index is 13.5. The van der Waals surface area contributed by atoms with Crippen LogP contribution in [0.15, 0.2) is 0 Å². The van der Waals surface area contributed by atoms with Gasteiger partial charge in [-0.1, -0.05) is 25.6 Å². The van der Waals surface area contributed by atoms with E-state index >= 15 is 0 Å². The van der Waals surface area contributed by atoms with Crippen LogP contribution < -0.4 is 37.2 Å². The lowest BCUT2D eigenvalue weighted by Gasteiger charge is -2.33. The number of thioether (sulfide) groups is 1. The number of carbonyl (C=O) groups excluding carboxylic acids is 10. The molecule has 0 aliphatic rings. The highest BCUT2D eigenvalue weighted by molar-refractivity contribution is 8.13. The van der Waals surface area contributed by atoms with Crippen molar-refractivity contribution in [1.29, 1.82) is 0 Å². The highest BCUT2D eigenvalue weighted by Gasteiger charge is 2.43. The van der Waals surface area contributed by atoms with E-state index in [-0.39, 0.29) is 62.4 Å². The fourth-order valence-electron chi connectivity index (χ4n) is 7.76. The number of likely N-dealkylation sites (N-methyl/N-ethyl adjacent to an activating group) is 1. The van der Waals surface area contributed by atoms with Crippen LogP contribution in [0.5, 0.6) is 0 Å². The Kier molecular flexibility index (Phi) is 33.0. The summed E-state index contributed by atoms with van der Waals surface area (Å²) < 4.78 is 20.3. The van der Waals surface area contributed by atoms with Crippen LogP contribution in [0.2, 0.25) is 0 Å². The molecule has 0 aromatic rings. The number of amides is 7. The number of nitrogens with one attached hydrogen (secondary N) is 7. The summed E-state index contributed by atoms with van der Waals surface area (Å²) in [5, 5.41) is 37.7. The number of rotatable bonds is 34. The third-order valence-corrected chi connectivity index (χ3v) is 13.6. The second-order valence-electron chi connectivity index (χ2n) is 23.2. The number of carbonyl (C=O) groups is 10. The van der Waals surface area contributed by atoms with E-state index in [9.17, 15) is 58.2 Å². The molecule has 0 rings (SSSR count). The zero-order chi connectivity index (χ0) is 61.2. The van der Waals surface area contributed by atoms with Gasteiger partial charge in [-0.15, -0.1) is 0 Å². The van der Waals surface area contributed by atoms with Crippen molar-refractivity contribution < 1.29 is 77.1 Å². The van der Waals surface area contributed by atoms with Gasteiger partial charge in [-0.2, -0.15) is 0 Å². The second kappa shape index (κ2) is 34.3. The highest BCUT2D eigenvalue weighted by Crippen LogP contribution is 2.34. The summed E-state index contributed by atoms with van der Waals surface area (Å²) in [5.41, 5.74) is -7.11. The molecule has 0 spiro atoms. The lowest BCUT2D eigenvalue weighted by atomic mass is 9.77. The SMILES string of the molecule is CCC(CC(CC(C)(C)C(=O)OCC(C)O)C(=O)NC(C)(C)C(=O)NC)C(=O)NC(C)(C)C(=O)NCCOC.CCC(CC(CC(C)(C)C(=O)OCC(C)O)C(=O)NC(C)(C)C(=O)SC)C(=O)NC(C)(C)C(=O)NCCOC. The molecule has 23 nitrogen and oxygen atoms in total. The number of hydrogen-bond donors (Lipinski definition) is 9. The molecule has 6 unspecified atom stereocenters. The topological polar surface area (TPSA) is 332 Å². The van der Waals surface area contributed by atoms with E-state index in [1.54, 1.807) is 103 Å². The smallest absolute Gasteiger partial charge is 0.311 e. The molecule has 0 aromatic carbocycles. The van der Waals surface area contributed by atoms with E-state index in [1.807, 2.05) is 0 Å². The van der Waals surface area contributed by atoms with Crippen LogP contribution in [-0.4, -0.2) is 170 Å². The molecule has 0 radical (unpaired) electrons. The first kappa shape index (κ1) is 75.2. The average Bonchev–Trinajstić information content (AvgIpc) is 3.33.